The first-order valence-electron chi connectivity index (χ1n) is 8.48. The Morgan fingerprint density at radius 1 is 1.30 bits per heavy atom. The molecule has 4 nitrogen and oxygen atoms in total. The van der Waals surface area contributed by atoms with Crippen LogP contribution in [0.2, 0.25) is 0 Å². The molecule has 1 heterocycles. The molecule has 5 heteroatoms. The quantitative estimate of drug-likeness (QED) is 0.898. The highest BCUT2D eigenvalue weighted by molar-refractivity contribution is 5.85. The Bertz CT molecular complexity index is 538. The normalized spacial score (nSPS) is 25.7. The summed E-state index contributed by atoms with van der Waals surface area (Å²) < 4.78 is 5.83. The molecule has 1 saturated heterocycles. The number of aryl methyl sites for hydroxylation is 1. The molecule has 2 aliphatic rings. The number of carbonyl (C=O) groups is 1. The van der Waals surface area contributed by atoms with Gasteiger partial charge in [-0.25, -0.2) is 0 Å². The summed E-state index contributed by atoms with van der Waals surface area (Å²) in [6, 6.07) is 8.72. The number of hydrogen-bond acceptors (Lipinski definition) is 3. The zero-order valence-corrected chi connectivity index (χ0v) is 14.6. The maximum atomic E-state index is 13.0. The van der Waals surface area contributed by atoms with Crippen molar-refractivity contribution in [3.05, 3.63) is 35.4 Å². The molecule has 1 aliphatic heterocycles. The molecule has 0 saturated carbocycles. The van der Waals surface area contributed by atoms with E-state index < -0.39 is 0 Å². The minimum absolute atomic E-state index is 0. The van der Waals surface area contributed by atoms with Crippen molar-refractivity contribution in [1.82, 2.24) is 4.90 Å². The number of fused-ring (bicyclic) bond motifs is 1. The van der Waals surface area contributed by atoms with Crippen molar-refractivity contribution in [2.45, 2.75) is 57.3 Å². The van der Waals surface area contributed by atoms with Crippen molar-refractivity contribution in [3.8, 4) is 0 Å². The van der Waals surface area contributed by atoms with Crippen molar-refractivity contribution >= 4 is 18.3 Å². The summed E-state index contributed by atoms with van der Waals surface area (Å²) >= 11 is 0. The molecule has 0 radical (unpaired) electrons. The van der Waals surface area contributed by atoms with Gasteiger partial charge in [0.05, 0.1) is 12.1 Å². The molecular weight excluding hydrogens is 312 g/mol. The second kappa shape index (κ2) is 8.13. The summed E-state index contributed by atoms with van der Waals surface area (Å²) in [7, 11) is 0. The molecule has 23 heavy (non-hydrogen) atoms. The van der Waals surface area contributed by atoms with Gasteiger partial charge in [-0.15, -0.1) is 12.4 Å². The minimum atomic E-state index is -0.298. The maximum Gasteiger partial charge on any atom is 0.252 e. The largest absolute Gasteiger partial charge is 0.364 e. The maximum absolute atomic E-state index is 13.0. The summed E-state index contributed by atoms with van der Waals surface area (Å²) in [5, 5.41) is 0. The van der Waals surface area contributed by atoms with Crippen LogP contribution in [0, 0.1) is 0 Å². The highest BCUT2D eigenvalue weighted by Gasteiger charge is 2.37. The van der Waals surface area contributed by atoms with E-state index in [1.807, 2.05) is 0 Å². The molecule has 1 amide bonds. The van der Waals surface area contributed by atoms with E-state index >= 15 is 0 Å². The van der Waals surface area contributed by atoms with Gasteiger partial charge < -0.3 is 15.4 Å². The van der Waals surface area contributed by atoms with Crippen LogP contribution in [0.4, 0.5) is 0 Å². The Labute approximate surface area is 144 Å². The van der Waals surface area contributed by atoms with E-state index in [-0.39, 0.29) is 36.6 Å². The Morgan fingerprint density at radius 3 is 2.78 bits per heavy atom. The summed E-state index contributed by atoms with van der Waals surface area (Å²) in [6.45, 7) is 3.42. The van der Waals surface area contributed by atoms with Gasteiger partial charge in [0, 0.05) is 13.1 Å². The molecule has 0 bridgehead atoms. The van der Waals surface area contributed by atoms with E-state index in [9.17, 15) is 4.79 Å². The van der Waals surface area contributed by atoms with E-state index in [4.69, 9.17) is 10.5 Å². The molecule has 1 aromatic carbocycles. The first-order chi connectivity index (χ1) is 10.7. The minimum Gasteiger partial charge on any atom is -0.364 e. The summed E-state index contributed by atoms with van der Waals surface area (Å²) in [5.41, 5.74) is 8.37. The number of amides is 1. The molecule has 1 fully saturated rings. The number of nitrogens with zero attached hydrogens (tertiary/aromatic N) is 1. The van der Waals surface area contributed by atoms with Gasteiger partial charge in [-0.3, -0.25) is 4.79 Å². The summed E-state index contributed by atoms with van der Waals surface area (Å²) in [5.74, 6) is 0.152. The van der Waals surface area contributed by atoms with Crippen molar-refractivity contribution in [3.63, 3.8) is 0 Å². The molecule has 3 atom stereocenters. The van der Waals surface area contributed by atoms with E-state index in [0.717, 1.165) is 38.6 Å². The number of halogens is 1. The zero-order chi connectivity index (χ0) is 15.5. The van der Waals surface area contributed by atoms with Crippen LogP contribution >= 0.6 is 12.4 Å². The van der Waals surface area contributed by atoms with Crippen LogP contribution in [-0.2, 0) is 16.0 Å². The first-order valence-corrected chi connectivity index (χ1v) is 8.48. The van der Waals surface area contributed by atoms with E-state index in [0.29, 0.717) is 6.54 Å². The lowest BCUT2D eigenvalue weighted by atomic mass is 10.1. The molecule has 2 N–H and O–H groups in total. The number of carbonyl (C=O) groups excluding carboxylic acids is 1. The molecule has 0 spiro atoms. The van der Waals surface area contributed by atoms with Crippen molar-refractivity contribution in [2.75, 3.05) is 13.1 Å². The average molecular weight is 339 g/mol. The third-order valence-corrected chi connectivity index (χ3v) is 4.87. The monoisotopic (exact) mass is 338 g/mol. The van der Waals surface area contributed by atoms with Gasteiger partial charge >= 0.3 is 0 Å². The lowest BCUT2D eigenvalue weighted by Crippen LogP contribution is -2.42. The van der Waals surface area contributed by atoms with Gasteiger partial charge in [-0.1, -0.05) is 31.2 Å². The van der Waals surface area contributed by atoms with Gasteiger partial charge in [0.2, 0.25) is 0 Å². The van der Waals surface area contributed by atoms with Gasteiger partial charge in [-0.2, -0.15) is 0 Å². The number of rotatable bonds is 5. The lowest BCUT2D eigenvalue weighted by Gasteiger charge is -2.31. The number of nitrogens with two attached hydrogens (primary N) is 1. The summed E-state index contributed by atoms with van der Waals surface area (Å²) in [6.07, 6.45) is 4.51. The van der Waals surface area contributed by atoms with Crippen LogP contribution in [-0.4, -0.2) is 36.1 Å². The fourth-order valence-electron chi connectivity index (χ4n) is 3.76. The summed E-state index contributed by atoms with van der Waals surface area (Å²) in [4.78, 5) is 15.0. The van der Waals surface area contributed by atoms with Crippen molar-refractivity contribution in [1.29, 1.82) is 0 Å². The highest BCUT2D eigenvalue weighted by atomic mass is 35.5. The van der Waals surface area contributed by atoms with Gasteiger partial charge in [-0.05, 0) is 43.2 Å². The molecule has 1 aromatic rings. The Kier molecular flexibility index (Phi) is 6.45. The second-order valence-electron chi connectivity index (χ2n) is 6.34. The van der Waals surface area contributed by atoms with Crippen molar-refractivity contribution in [2.24, 2.45) is 5.73 Å². The molecule has 1 unspecified atom stereocenters. The molecule has 1 aliphatic carbocycles. The van der Waals surface area contributed by atoms with Crippen molar-refractivity contribution < 1.29 is 9.53 Å². The fraction of sp³-hybridized carbons (Fsp3) is 0.611. The number of benzene rings is 1. The smallest absolute Gasteiger partial charge is 0.252 e. The zero-order valence-electron chi connectivity index (χ0n) is 13.7. The number of ether oxygens (including phenoxy) is 1. The molecule has 3 rings (SSSR count). The molecule has 0 aromatic heterocycles. The Balaban J connectivity index is 0.00000192. The van der Waals surface area contributed by atoms with E-state index in [2.05, 4.69) is 36.1 Å². The topological polar surface area (TPSA) is 55.6 Å². The SMILES string of the molecule is CCCN(C(=O)[C@@H]1CC[C@H](CN)O1)C1CCc2ccccc21.Cl. The highest BCUT2D eigenvalue weighted by Crippen LogP contribution is 2.37. The fourth-order valence-corrected chi connectivity index (χ4v) is 3.76. The van der Waals surface area contributed by atoms with Crippen LogP contribution in [0.1, 0.15) is 49.8 Å². The van der Waals surface area contributed by atoms with Gasteiger partial charge in [0.1, 0.15) is 6.10 Å². The molecule has 128 valence electrons. The third kappa shape index (κ3) is 3.70. The van der Waals surface area contributed by atoms with E-state index in [1.165, 1.54) is 11.1 Å². The first kappa shape index (κ1) is 18.2. The van der Waals surface area contributed by atoms with Crippen LogP contribution in [0.15, 0.2) is 24.3 Å². The third-order valence-electron chi connectivity index (χ3n) is 4.87. The van der Waals surface area contributed by atoms with Crippen LogP contribution < -0.4 is 5.73 Å². The standard InChI is InChI=1S/C18H26N2O2.ClH/c1-2-11-20(18(21)17-10-8-14(12-19)22-17)16-9-7-13-5-3-4-6-15(13)16;/h3-6,14,16-17H,2,7-12,19H2,1H3;1H/t14-,16?,17+;/m1./s1. The lowest BCUT2D eigenvalue weighted by molar-refractivity contribution is -0.145. The average Bonchev–Trinajstić information content (AvgIpc) is 3.19. The predicted octanol–water partition coefficient (Wildman–Crippen LogP) is 2.84. The van der Waals surface area contributed by atoms with Crippen LogP contribution in [0.25, 0.3) is 0 Å². The second-order valence-corrected chi connectivity index (χ2v) is 6.34. The Morgan fingerprint density at radius 2 is 2.09 bits per heavy atom. The van der Waals surface area contributed by atoms with Crippen LogP contribution in [0.3, 0.4) is 0 Å². The Hall–Kier alpha value is -1.10. The van der Waals surface area contributed by atoms with Crippen LogP contribution in [0.5, 0.6) is 0 Å². The van der Waals surface area contributed by atoms with Gasteiger partial charge in [0.25, 0.3) is 5.91 Å². The molecular formula is C18H27ClN2O2. The number of hydrogen-bond donors (Lipinski definition) is 1. The predicted molar refractivity (Wildman–Crippen MR) is 93.7 cm³/mol. The van der Waals surface area contributed by atoms with E-state index in [1.54, 1.807) is 0 Å². The van der Waals surface area contributed by atoms with Gasteiger partial charge in [0.15, 0.2) is 0 Å².